The van der Waals surface area contributed by atoms with Crippen LogP contribution in [0.15, 0.2) is 54.6 Å². The van der Waals surface area contributed by atoms with Crippen LogP contribution < -0.4 is 10.1 Å². The number of carbonyl (C=O) groups excluding carboxylic acids is 2. The minimum atomic E-state index is -0.0597. The normalized spacial score (nSPS) is 17.3. The Morgan fingerprint density at radius 3 is 2.28 bits per heavy atom. The molecule has 0 unspecified atom stereocenters. The van der Waals surface area contributed by atoms with Gasteiger partial charge in [-0.3, -0.25) is 14.5 Å². The van der Waals surface area contributed by atoms with E-state index in [4.69, 9.17) is 4.74 Å². The van der Waals surface area contributed by atoms with Crippen molar-refractivity contribution in [1.82, 2.24) is 15.1 Å². The van der Waals surface area contributed by atoms with Gasteiger partial charge in [0, 0.05) is 50.7 Å². The molecule has 32 heavy (non-hydrogen) atoms. The van der Waals surface area contributed by atoms with Crippen molar-refractivity contribution >= 4 is 11.8 Å². The van der Waals surface area contributed by atoms with Crippen molar-refractivity contribution in [1.29, 1.82) is 0 Å². The van der Waals surface area contributed by atoms with E-state index in [1.807, 2.05) is 59.5 Å². The molecular weight excluding hydrogens is 402 g/mol. The Hall–Kier alpha value is -2.86. The van der Waals surface area contributed by atoms with Crippen molar-refractivity contribution in [2.45, 2.75) is 32.3 Å². The van der Waals surface area contributed by atoms with Gasteiger partial charge in [-0.15, -0.1) is 0 Å². The van der Waals surface area contributed by atoms with E-state index in [-0.39, 0.29) is 11.8 Å². The summed E-state index contributed by atoms with van der Waals surface area (Å²) < 4.78 is 5.74. The van der Waals surface area contributed by atoms with E-state index in [9.17, 15) is 9.59 Å². The first-order valence-corrected chi connectivity index (χ1v) is 11.8. The van der Waals surface area contributed by atoms with E-state index in [0.717, 1.165) is 56.9 Å². The molecule has 2 aliphatic rings. The fraction of sp³-hybridized carbons (Fsp3) is 0.462. The fourth-order valence-electron chi connectivity index (χ4n) is 4.49. The van der Waals surface area contributed by atoms with Crippen molar-refractivity contribution in [2.24, 2.45) is 5.92 Å². The smallest absolute Gasteiger partial charge is 0.251 e. The summed E-state index contributed by atoms with van der Waals surface area (Å²) in [6, 6.07) is 17.2. The highest BCUT2D eigenvalue weighted by Gasteiger charge is 2.29. The largest absolute Gasteiger partial charge is 0.489 e. The van der Waals surface area contributed by atoms with Crippen LogP contribution in [0.2, 0.25) is 0 Å². The summed E-state index contributed by atoms with van der Waals surface area (Å²) in [5, 5.41) is 3.01. The molecule has 1 N–H and O–H groups in total. The number of amides is 2. The molecule has 1 saturated heterocycles. The summed E-state index contributed by atoms with van der Waals surface area (Å²) in [6.45, 7) is 5.25. The van der Waals surface area contributed by atoms with Crippen LogP contribution >= 0.6 is 0 Å². The van der Waals surface area contributed by atoms with Gasteiger partial charge in [0.25, 0.3) is 5.91 Å². The predicted octanol–water partition coefficient (Wildman–Crippen LogP) is 3.33. The highest BCUT2D eigenvalue weighted by molar-refractivity contribution is 5.94. The average Bonchev–Trinajstić information content (AvgIpc) is 3.39. The van der Waals surface area contributed by atoms with Crippen LogP contribution in [0.4, 0.5) is 0 Å². The van der Waals surface area contributed by atoms with Crippen molar-refractivity contribution in [3.63, 3.8) is 0 Å². The van der Waals surface area contributed by atoms with Crippen LogP contribution in [0, 0.1) is 5.92 Å². The molecule has 0 spiro atoms. The maximum absolute atomic E-state index is 12.5. The molecule has 2 aromatic carbocycles. The monoisotopic (exact) mass is 435 g/mol. The van der Waals surface area contributed by atoms with Gasteiger partial charge < -0.3 is 15.0 Å². The Kier molecular flexibility index (Phi) is 7.77. The molecule has 2 aromatic rings. The lowest BCUT2D eigenvalue weighted by atomic mass is 10.1. The van der Waals surface area contributed by atoms with E-state index < -0.39 is 0 Å². The molecule has 0 radical (unpaired) electrons. The number of nitrogens with zero attached hydrogens (tertiary/aromatic N) is 2. The van der Waals surface area contributed by atoms with E-state index in [2.05, 4.69) is 10.2 Å². The summed E-state index contributed by atoms with van der Waals surface area (Å²) in [7, 11) is 0. The molecule has 0 aromatic heterocycles. The van der Waals surface area contributed by atoms with Gasteiger partial charge in [-0.25, -0.2) is 0 Å². The molecule has 1 aliphatic carbocycles. The van der Waals surface area contributed by atoms with Gasteiger partial charge in [-0.05, 0) is 42.7 Å². The Morgan fingerprint density at radius 1 is 0.906 bits per heavy atom. The van der Waals surface area contributed by atoms with Gasteiger partial charge in [0.1, 0.15) is 12.4 Å². The second kappa shape index (κ2) is 11.1. The third kappa shape index (κ3) is 6.10. The van der Waals surface area contributed by atoms with Crippen molar-refractivity contribution < 1.29 is 14.3 Å². The van der Waals surface area contributed by atoms with Crippen LogP contribution in [0.5, 0.6) is 5.75 Å². The number of rotatable bonds is 8. The predicted molar refractivity (Wildman–Crippen MR) is 125 cm³/mol. The third-order valence-corrected chi connectivity index (χ3v) is 6.47. The van der Waals surface area contributed by atoms with E-state index in [0.29, 0.717) is 24.6 Å². The molecule has 1 saturated carbocycles. The number of hydrogen-bond donors (Lipinski definition) is 1. The highest BCUT2D eigenvalue weighted by atomic mass is 16.5. The first kappa shape index (κ1) is 22.3. The fourth-order valence-corrected chi connectivity index (χ4v) is 4.49. The number of piperazine rings is 1. The molecule has 2 amide bonds. The van der Waals surface area contributed by atoms with Crippen LogP contribution in [0.3, 0.4) is 0 Å². The molecule has 0 bridgehead atoms. The molecule has 170 valence electrons. The third-order valence-electron chi connectivity index (χ3n) is 6.47. The number of nitrogens with one attached hydrogen (secondary N) is 1. The lowest BCUT2D eigenvalue weighted by Crippen LogP contribution is -2.51. The average molecular weight is 436 g/mol. The minimum Gasteiger partial charge on any atom is -0.489 e. The standard InChI is InChI=1S/C26H33N3O3/c30-25(22-12-10-21(11-13-22)20-32-24-8-2-1-3-9-24)27-14-15-28-16-18-29(19-17-28)26(31)23-6-4-5-7-23/h1-3,8-13,23H,4-7,14-20H2,(H,27,30). The number of carbonyl (C=O) groups is 2. The van der Waals surface area contributed by atoms with Crippen molar-refractivity contribution in [3.05, 3.63) is 65.7 Å². The van der Waals surface area contributed by atoms with Gasteiger partial charge >= 0.3 is 0 Å². The van der Waals surface area contributed by atoms with E-state index in [1.165, 1.54) is 12.8 Å². The van der Waals surface area contributed by atoms with Gasteiger partial charge in [-0.2, -0.15) is 0 Å². The van der Waals surface area contributed by atoms with E-state index in [1.54, 1.807) is 0 Å². The lowest BCUT2D eigenvalue weighted by Gasteiger charge is -2.36. The van der Waals surface area contributed by atoms with Gasteiger partial charge in [0.15, 0.2) is 0 Å². The Labute approximate surface area is 190 Å². The van der Waals surface area contributed by atoms with Crippen molar-refractivity contribution in [2.75, 3.05) is 39.3 Å². The zero-order chi connectivity index (χ0) is 22.2. The number of benzene rings is 2. The maximum atomic E-state index is 12.5. The maximum Gasteiger partial charge on any atom is 0.251 e. The van der Waals surface area contributed by atoms with Crippen LogP contribution in [-0.4, -0.2) is 60.9 Å². The van der Waals surface area contributed by atoms with Gasteiger partial charge in [0.05, 0.1) is 0 Å². The lowest BCUT2D eigenvalue weighted by molar-refractivity contribution is -0.137. The van der Waals surface area contributed by atoms with Gasteiger partial charge in [-0.1, -0.05) is 43.2 Å². The number of para-hydroxylation sites is 1. The number of ether oxygens (including phenoxy) is 1. The van der Waals surface area contributed by atoms with Gasteiger partial charge in [0.2, 0.25) is 5.91 Å². The summed E-state index contributed by atoms with van der Waals surface area (Å²) in [4.78, 5) is 29.4. The second-order valence-electron chi connectivity index (χ2n) is 8.70. The molecule has 2 fully saturated rings. The highest BCUT2D eigenvalue weighted by Crippen LogP contribution is 2.26. The first-order chi connectivity index (χ1) is 15.7. The Morgan fingerprint density at radius 2 is 1.59 bits per heavy atom. The second-order valence-corrected chi connectivity index (χ2v) is 8.70. The summed E-state index contributed by atoms with van der Waals surface area (Å²) in [5.41, 5.74) is 1.68. The Bertz CT molecular complexity index is 871. The quantitative estimate of drug-likeness (QED) is 0.691. The minimum absolute atomic E-state index is 0.0597. The summed E-state index contributed by atoms with van der Waals surface area (Å²) in [5.74, 6) is 1.39. The summed E-state index contributed by atoms with van der Waals surface area (Å²) >= 11 is 0. The van der Waals surface area contributed by atoms with Crippen LogP contribution in [0.25, 0.3) is 0 Å². The Balaban J connectivity index is 1.14. The van der Waals surface area contributed by atoms with E-state index >= 15 is 0 Å². The zero-order valence-corrected chi connectivity index (χ0v) is 18.7. The molecule has 6 nitrogen and oxygen atoms in total. The molecule has 0 atom stereocenters. The molecule has 4 rings (SSSR count). The zero-order valence-electron chi connectivity index (χ0n) is 18.7. The summed E-state index contributed by atoms with van der Waals surface area (Å²) in [6.07, 6.45) is 4.51. The molecule has 1 aliphatic heterocycles. The van der Waals surface area contributed by atoms with Crippen LogP contribution in [-0.2, 0) is 11.4 Å². The SMILES string of the molecule is O=C(NCCN1CCN(C(=O)C2CCCC2)CC1)c1ccc(COc2ccccc2)cc1. The van der Waals surface area contributed by atoms with Crippen LogP contribution in [0.1, 0.15) is 41.6 Å². The number of hydrogen-bond acceptors (Lipinski definition) is 4. The first-order valence-electron chi connectivity index (χ1n) is 11.8. The molecule has 1 heterocycles. The molecule has 6 heteroatoms. The van der Waals surface area contributed by atoms with Crippen molar-refractivity contribution in [3.8, 4) is 5.75 Å². The molecular formula is C26H33N3O3. The topological polar surface area (TPSA) is 61.9 Å².